The molecule has 2 fully saturated rings. The summed E-state index contributed by atoms with van der Waals surface area (Å²) in [5.41, 5.74) is -4.49. The molecule has 4 aromatic rings. The Morgan fingerprint density at radius 1 is 1.06 bits per heavy atom. The second kappa shape index (κ2) is 14.3. The molecule has 2 amide bonds. The monoisotopic (exact) mass is 701 g/mol. The smallest absolute Gasteiger partial charge is 0.446 e. The molecular weight excluding hydrogens is 667 g/mol. The molecule has 1 aliphatic carbocycles. The number of thioether (sulfide) groups is 1. The van der Waals surface area contributed by atoms with E-state index in [9.17, 15) is 27.6 Å². The van der Waals surface area contributed by atoms with Gasteiger partial charge in [0, 0.05) is 42.0 Å². The number of rotatable bonds is 9. The Bertz CT molecular complexity index is 1800. The molecule has 3 heterocycles. The van der Waals surface area contributed by atoms with Crippen LogP contribution < -0.4 is 10.7 Å². The maximum atomic E-state index is 14.1. The van der Waals surface area contributed by atoms with Crippen LogP contribution in [0.2, 0.25) is 5.02 Å². The zero-order valence-corrected chi connectivity index (χ0v) is 27.6. The first kappa shape index (κ1) is 34.0. The Kier molecular flexibility index (Phi) is 10.2. The summed E-state index contributed by atoms with van der Waals surface area (Å²) in [6.45, 7) is 1.77. The van der Waals surface area contributed by atoms with Crippen LogP contribution in [0.1, 0.15) is 61.1 Å². The number of amides is 2. The molecule has 0 bridgehead atoms. The van der Waals surface area contributed by atoms with Crippen molar-refractivity contribution in [1.29, 1.82) is 0 Å². The third kappa shape index (κ3) is 8.06. The fourth-order valence-electron chi connectivity index (χ4n) is 7.17. The standard InChI is InChI=1S/C34H35ClF3N5O4S/c35-24-8-6-22(7-9-24)16-27(41-31(45)30-18-28(44)26-17-25(48-34(36,37)38)10-11-29(26)47-30)32(46)42-14-12-33(13-15-42,19-43-21-39-20-40-43)23-4-2-1-3-5-23/h6-11,17-18,20-21,23,27H,1-5,12-16,19H2,(H,41,45)/t27-/m1/s1. The summed E-state index contributed by atoms with van der Waals surface area (Å²) in [4.78, 5) is 46.3. The number of fused-ring (bicyclic) bond motifs is 1. The van der Waals surface area contributed by atoms with Crippen LogP contribution in [0.3, 0.4) is 0 Å². The van der Waals surface area contributed by atoms with Crippen molar-refractivity contribution in [2.75, 3.05) is 13.1 Å². The second-order valence-electron chi connectivity index (χ2n) is 12.7. The minimum absolute atomic E-state index is 0.0210. The van der Waals surface area contributed by atoms with Gasteiger partial charge in [0.2, 0.25) is 5.91 Å². The highest BCUT2D eigenvalue weighted by Crippen LogP contribution is 2.47. The average Bonchev–Trinajstić information content (AvgIpc) is 3.58. The molecule has 2 aromatic carbocycles. The van der Waals surface area contributed by atoms with Gasteiger partial charge in [-0.05, 0) is 84.7 Å². The number of nitrogens with one attached hydrogen (secondary N) is 1. The van der Waals surface area contributed by atoms with Crippen LogP contribution >= 0.6 is 23.4 Å². The van der Waals surface area contributed by atoms with Crippen molar-refractivity contribution in [3.8, 4) is 0 Å². The number of aromatic nitrogens is 3. The largest absolute Gasteiger partial charge is 0.451 e. The molecule has 1 atom stereocenters. The van der Waals surface area contributed by atoms with E-state index in [4.69, 9.17) is 16.0 Å². The maximum Gasteiger partial charge on any atom is 0.446 e. The molecule has 48 heavy (non-hydrogen) atoms. The number of piperidine rings is 1. The van der Waals surface area contributed by atoms with E-state index in [2.05, 4.69) is 15.4 Å². The van der Waals surface area contributed by atoms with Crippen molar-refractivity contribution >= 4 is 46.1 Å². The number of carbonyl (C=O) groups is 2. The summed E-state index contributed by atoms with van der Waals surface area (Å²) in [7, 11) is 0. The molecule has 1 saturated heterocycles. The topological polar surface area (TPSA) is 110 Å². The Labute approximate surface area is 284 Å². The number of benzene rings is 2. The summed E-state index contributed by atoms with van der Waals surface area (Å²) in [5.74, 6) is -0.861. The van der Waals surface area contributed by atoms with Crippen molar-refractivity contribution in [3.63, 3.8) is 0 Å². The SMILES string of the molecule is O=C(N[C@H](Cc1ccc(Cl)cc1)C(=O)N1CCC(Cn2cncn2)(C2CCCCC2)CC1)c1cc(=O)c2cc(SC(F)(F)F)ccc2o1. The van der Waals surface area contributed by atoms with Gasteiger partial charge in [-0.15, -0.1) is 0 Å². The predicted molar refractivity (Wildman–Crippen MR) is 176 cm³/mol. The molecule has 14 heteroatoms. The summed E-state index contributed by atoms with van der Waals surface area (Å²) in [6.07, 6.45) is 11.0. The minimum Gasteiger partial charge on any atom is -0.451 e. The van der Waals surface area contributed by atoms with Crippen molar-refractivity contribution in [3.05, 3.63) is 87.8 Å². The summed E-state index contributed by atoms with van der Waals surface area (Å²) < 4.78 is 46.2. The normalized spacial score (nSPS) is 17.7. The third-order valence-electron chi connectivity index (χ3n) is 9.60. The summed E-state index contributed by atoms with van der Waals surface area (Å²) in [5, 5.41) is 7.60. The molecule has 0 spiro atoms. The molecule has 1 saturated carbocycles. The molecule has 254 valence electrons. The number of hydrogen-bond acceptors (Lipinski definition) is 7. The van der Waals surface area contributed by atoms with E-state index in [0.717, 1.165) is 49.9 Å². The van der Waals surface area contributed by atoms with Crippen molar-refractivity contribution in [2.45, 2.75) is 74.4 Å². The lowest BCUT2D eigenvalue weighted by atomic mass is 9.63. The molecular formula is C34H35ClF3N5O4S. The van der Waals surface area contributed by atoms with Crippen molar-refractivity contribution < 1.29 is 27.2 Å². The summed E-state index contributed by atoms with van der Waals surface area (Å²) >= 11 is 5.74. The first-order valence-electron chi connectivity index (χ1n) is 16.0. The molecule has 0 radical (unpaired) electrons. The number of hydrogen-bond donors (Lipinski definition) is 1. The van der Waals surface area contributed by atoms with E-state index in [0.29, 0.717) is 24.0 Å². The van der Waals surface area contributed by atoms with E-state index in [1.54, 1.807) is 41.8 Å². The van der Waals surface area contributed by atoms with Crippen LogP contribution in [-0.2, 0) is 17.8 Å². The van der Waals surface area contributed by atoms with Gasteiger partial charge in [-0.25, -0.2) is 4.98 Å². The van der Waals surface area contributed by atoms with Crippen LogP contribution in [0.25, 0.3) is 11.0 Å². The lowest BCUT2D eigenvalue weighted by Crippen LogP contribution is -2.54. The van der Waals surface area contributed by atoms with Crippen LogP contribution in [0, 0.1) is 11.3 Å². The van der Waals surface area contributed by atoms with Gasteiger partial charge in [0.1, 0.15) is 24.3 Å². The molecule has 2 aliphatic rings. The first-order valence-corrected chi connectivity index (χ1v) is 17.2. The highest BCUT2D eigenvalue weighted by Gasteiger charge is 2.44. The fraction of sp³-hybridized carbons (Fsp3) is 0.441. The molecule has 1 aliphatic heterocycles. The number of halogens is 4. The van der Waals surface area contributed by atoms with Crippen LogP contribution in [-0.4, -0.2) is 56.1 Å². The van der Waals surface area contributed by atoms with Crippen LogP contribution in [0.15, 0.2) is 75.3 Å². The van der Waals surface area contributed by atoms with E-state index < -0.39 is 22.9 Å². The fourth-order valence-corrected chi connectivity index (χ4v) is 7.88. The average molecular weight is 702 g/mol. The van der Waals surface area contributed by atoms with E-state index >= 15 is 0 Å². The van der Waals surface area contributed by atoms with Gasteiger partial charge in [-0.2, -0.15) is 18.3 Å². The van der Waals surface area contributed by atoms with Gasteiger partial charge < -0.3 is 14.6 Å². The molecule has 2 aromatic heterocycles. The number of alkyl halides is 3. The van der Waals surface area contributed by atoms with Gasteiger partial charge in [-0.3, -0.25) is 19.1 Å². The Morgan fingerprint density at radius 2 is 1.79 bits per heavy atom. The number of carbonyl (C=O) groups excluding carboxylic acids is 2. The highest BCUT2D eigenvalue weighted by molar-refractivity contribution is 8.00. The van der Waals surface area contributed by atoms with Crippen molar-refractivity contribution in [1.82, 2.24) is 25.0 Å². The number of likely N-dealkylation sites (tertiary alicyclic amines) is 1. The quantitative estimate of drug-likeness (QED) is 0.190. The summed E-state index contributed by atoms with van der Waals surface area (Å²) in [6, 6.07) is 10.4. The van der Waals surface area contributed by atoms with Gasteiger partial charge in [0.05, 0.1) is 5.39 Å². The van der Waals surface area contributed by atoms with Crippen LogP contribution in [0.4, 0.5) is 13.2 Å². The Morgan fingerprint density at radius 3 is 2.46 bits per heavy atom. The molecule has 0 unspecified atom stereocenters. The third-order valence-corrected chi connectivity index (χ3v) is 10.6. The maximum absolute atomic E-state index is 14.1. The Hall–Kier alpha value is -3.84. The molecule has 1 N–H and O–H groups in total. The minimum atomic E-state index is -4.53. The molecule has 6 rings (SSSR count). The Balaban J connectivity index is 1.22. The van der Waals surface area contributed by atoms with Gasteiger partial charge in [-0.1, -0.05) is 43.0 Å². The predicted octanol–water partition coefficient (Wildman–Crippen LogP) is 6.88. The van der Waals surface area contributed by atoms with Crippen molar-refractivity contribution in [2.24, 2.45) is 11.3 Å². The van der Waals surface area contributed by atoms with E-state index in [-0.39, 0.29) is 51.1 Å². The lowest BCUT2D eigenvalue weighted by Gasteiger charge is -2.48. The van der Waals surface area contributed by atoms with Gasteiger partial charge in [0.25, 0.3) is 5.91 Å². The van der Waals surface area contributed by atoms with Gasteiger partial charge in [0.15, 0.2) is 11.2 Å². The van der Waals surface area contributed by atoms with E-state index in [1.165, 1.54) is 31.4 Å². The van der Waals surface area contributed by atoms with E-state index in [1.807, 2.05) is 4.68 Å². The highest BCUT2D eigenvalue weighted by atomic mass is 35.5. The zero-order chi connectivity index (χ0) is 33.9. The van der Waals surface area contributed by atoms with Gasteiger partial charge >= 0.3 is 5.51 Å². The number of nitrogens with zero attached hydrogens (tertiary/aromatic N) is 4. The lowest BCUT2D eigenvalue weighted by molar-refractivity contribution is -0.136. The second-order valence-corrected chi connectivity index (χ2v) is 14.2. The molecule has 9 nitrogen and oxygen atoms in total. The van der Waals surface area contributed by atoms with Crippen LogP contribution in [0.5, 0.6) is 0 Å². The zero-order valence-electron chi connectivity index (χ0n) is 26.0. The first-order chi connectivity index (χ1) is 23.0.